The highest BCUT2D eigenvalue weighted by Gasteiger charge is 2.15. The number of hydrogen-bond donors (Lipinski definition) is 2. The molecule has 0 spiro atoms. The molecule has 0 aliphatic carbocycles. The summed E-state index contributed by atoms with van der Waals surface area (Å²) < 4.78 is 12.7. The zero-order valence-corrected chi connectivity index (χ0v) is 12.3. The Hall–Kier alpha value is -1.13. The number of benzene rings is 1. The molecule has 1 saturated heterocycles. The van der Waals surface area contributed by atoms with E-state index in [1.54, 1.807) is 12.1 Å². The van der Waals surface area contributed by atoms with Crippen LogP contribution >= 0.6 is 12.4 Å². The van der Waals surface area contributed by atoms with E-state index in [4.69, 9.17) is 0 Å². The number of carbonyl (C=O) groups is 1. The molecule has 1 aliphatic heterocycles. The second kappa shape index (κ2) is 8.93. The number of hydrogen-bond acceptors (Lipinski definition) is 2. The molecule has 0 radical (unpaired) electrons. The normalized spacial score (nSPS) is 17.6. The molecular formula is C15H22ClFN2O. The number of amides is 1. The summed E-state index contributed by atoms with van der Waals surface area (Å²) in [4.78, 5) is 11.7. The maximum Gasteiger partial charge on any atom is 0.220 e. The van der Waals surface area contributed by atoms with Crippen LogP contribution in [0.1, 0.15) is 24.8 Å². The third-order valence-corrected chi connectivity index (χ3v) is 3.59. The van der Waals surface area contributed by atoms with Gasteiger partial charge in [0.25, 0.3) is 0 Å². The molecule has 1 atom stereocenters. The monoisotopic (exact) mass is 300 g/mol. The number of halogens is 2. The van der Waals surface area contributed by atoms with Crippen molar-refractivity contribution in [2.75, 3.05) is 19.6 Å². The fraction of sp³-hybridized carbons (Fsp3) is 0.533. The molecule has 1 amide bonds. The minimum absolute atomic E-state index is 0. The van der Waals surface area contributed by atoms with Crippen molar-refractivity contribution in [1.82, 2.24) is 10.6 Å². The van der Waals surface area contributed by atoms with Gasteiger partial charge in [0, 0.05) is 13.0 Å². The van der Waals surface area contributed by atoms with Crippen LogP contribution in [0.15, 0.2) is 24.3 Å². The van der Waals surface area contributed by atoms with Crippen LogP contribution in [0.25, 0.3) is 0 Å². The Morgan fingerprint density at radius 2 is 2.10 bits per heavy atom. The lowest BCUT2D eigenvalue weighted by Crippen LogP contribution is -2.26. The van der Waals surface area contributed by atoms with Gasteiger partial charge in [0.1, 0.15) is 5.82 Å². The van der Waals surface area contributed by atoms with E-state index in [0.717, 1.165) is 31.5 Å². The highest BCUT2D eigenvalue weighted by atomic mass is 35.5. The Morgan fingerprint density at radius 1 is 1.35 bits per heavy atom. The van der Waals surface area contributed by atoms with E-state index in [0.29, 0.717) is 18.9 Å². The van der Waals surface area contributed by atoms with Crippen LogP contribution in [0.4, 0.5) is 4.39 Å². The molecule has 1 aromatic rings. The van der Waals surface area contributed by atoms with E-state index in [-0.39, 0.29) is 24.1 Å². The minimum atomic E-state index is -0.224. The van der Waals surface area contributed by atoms with Crippen molar-refractivity contribution in [2.45, 2.75) is 25.7 Å². The highest BCUT2D eigenvalue weighted by Crippen LogP contribution is 2.13. The molecule has 112 valence electrons. The van der Waals surface area contributed by atoms with Crippen molar-refractivity contribution in [2.24, 2.45) is 5.92 Å². The molecule has 1 aromatic carbocycles. The average molecular weight is 301 g/mol. The predicted molar refractivity (Wildman–Crippen MR) is 80.6 cm³/mol. The van der Waals surface area contributed by atoms with Crippen molar-refractivity contribution in [3.8, 4) is 0 Å². The molecule has 0 aromatic heterocycles. The summed E-state index contributed by atoms with van der Waals surface area (Å²) in [5.74, 6) is 0.551. The fourth-order valence-electron chi connectivity index (χ4n) is 2.38. The van der Waals surface area contributed by atoms with Crippen LogP contribution in [-0.2, 0) is 11.2 Å². The molecule has 1 heterocycles. The van der Waals surface area contributed by atoms with E-state index >= 15 is 0 Å². The quantitative estimate of drug-likeness (QED) is 0.846. The van der Waals surface area contributed by atoms with Gasteiger partial charge in [-0.25, -0.2) is 4.39 Å². The van der Waals surface area contributed by atoms with Gasteiger partial charge in [0.05, 0.1) is 0 Å². The largest absolute Gasteiger partial charge is 0.356 e. The van der Waals surface area contributed by atoms with E-state index in [9.17, 15) is 9.18 Å². The van der Waals surface area contributed by atoms with Gasteiger partial charge in [-0.1, -0.05) is 12.1 Å². The third kappa shape index (κ3) is 5.88. The first-order valence-electron chi connectivity index (χ1n) is 6.96. The van der Waals surface area contributed by atoms with Gasteiger partial charge in [0.2, 0.25) is 5.91 Å². The number of carbonyl (C=O) groups excluding carboxylic acids is 1. The smallest absolute Gasteiger partial charge is 0.220 e. The van der Waals surface area contributed by atoms with E-state index in [1.807, 2.05) is 0 Å². The van der Waals surface area contributed by atoms with Gasteiger partial charge in [-0.05, 0) is 56.0 Å². The van der Waals surface area contributed by atoms with Crippen molar-refractivity contribution < 1.29 is 9.18 Å². The Bertz CT molecular complexity index is 405. The maximum atomic E-state index is 12.7. The second-order valence-electron chi connectivity index (χ2n) is 5.12. The summed E-state index contributed by atoms with van der Waals surface area (Å²) in [7, 11) is 0. The Labute approximate surface area is 125 Å². The summed E-state index contributed by atoms with van der Waals surface area (Å²) in [6, 6.07) is 6.41. The highest BCUT2D eigenvalue weighted by molar-refractivity contribution is 5.85. The topological polar surface area (TPSA) is 41.1 Å². The summed E-state index contributed by atoms with van der Waals surface area (Å²) >= 11 is 0. The van der Waals surface area contributed by atoms with E-state index in [1.165, 1.54) is 18.6 Å². The summed E-state index contributed by atoms with van der Waals surface area (Å²) in [6.07, 6.45) is 3.50. The molecule has 5 heteroatoms. The molecule has 3 nitrogen and oxygen atoms in total. The molecule has 1 unspecified atom stereocenters. The molecule has 2 N–H and O–H groups in total. The lowest BCUT2D eigenvalue weighted by molar-refractivity contribution is -0.121. The molecule has 20 heavy (non-hydrogen) atoms. The van der Waals surface area contributed by atoms with Crippen LogP contribution in [0.3, 0.4) is 0 Å². The zero-order valence-electron chi connectivity index (χ0n) is 11.5. The predicted octanol–water partition coefficient (Wildman–Crippen LogP) is 2.30. The van der Waals surface area contributed by atoms with E-state index < -0.39 is 0 Å². The molecule has 0 bridgehead atoms. The average Bonchev–Trinajstić information content (AvgIpc) is 2.92. The van der Waals surface area contributed by atoms with Crippen molar-refractivity contribution in [3.63, 3.8) is 0 Å². The van der Waals surface area contributed by atoms with Gasteiger partial charge >= 0.3 is 0 Å². The van der Waals surface area contributed by atoms with Crippen molar-refractivity contribution in [1.29, 1.82) is 0 Å². The van der Waals surface area contributed by atoms with Gasteiger partial charge in [-0.15, -0.1) is 12.4 Å². The van der Waals surface area contributed by atoms with E-state index in [2.05, 4.69) is 10.6 Å². The fourth-order valence-corrected chi connectivity index (χ4v) is 2.38. The Kier molecular flexibility index (Phi) is 7.55. The standard InChI is InChI=1S/C15H21FN2O.ClH/c16-14-4-1-12(2-5-14)8-10-18-15(19)6-3-13-7-9-17-11-13;/h1-2,4-5,13,17H,3,6-11H2,(H,18,19);1H. The van der Waals surface area contributed by atoms with Crippen LogP contribution in [0, 0.1) is 11.7 Å². The Morgan fingerprint density at radius 3 is 2.75 bits per heavy atom. The number of nitrogens with one attached hydrogen (secondary N) is 2. The molecule has 1 aliphatic rings. The molecular weight excluding hydrogens is 279 g/mol. The zero-order chi connectivity index (χ0) is 13.5. The summed E-state index contributed by atoms with van der Waals surface area (Å²) in [6.45, 7) is 2.74. The molecule has 1 fully saturated rings. The SMILES string of the molecule is Cl.O=C(CCC1CCNC1)NCCc1ccc(F)cc1. The van der Waals surface area contributed by atoms with Crippen LogP contribution in [0.2, 0.25) is 0 Å². The van der Waals surface area contributed by atoms with Crippen molar-refractivity contribution in [3.05, 3.63) is 35.6 Å². The van der Waals surface area contributed by atoms with Gasteiger partial charge < -0.3 is 10.6 Å². The summed E-state index contributed by atoms with van der Waals surface area (Å²) in [5.41, 5.74) is 1.04. The van der Waals surface area contributed by atoms with Crippen LogP contribution in [-0.4, -0.2) is 25.5 Å². The third-order valence-electron chi connectivity index (χ3n) is 3.59. The molecule has 0 saturated carbocycles. The first-order valence-corrected chi connectivity index (χ1v) is 6.96. The second-order valence-corrected chi connectivity index (χ2v) is 5.12. The number of rotatable bonds is 6. The van der Waals surface area contributed by atoms with Crippen LogP contribution in [0.5, 0.6) is 0 Å². The van der Waals surface area contributed by atoms with Gasteiger partial charge in [-0.3, -0.25) is 4.79 Å². The van der Waals surface area contributed by atoms with Gasteiger partial charge in [-0.2, -0.15) is 0 Å². The minimum Gasteiger partial charge on any atom is -0.356 e. The Balaban J connectivity index is 0.00000200. The molecule has 2 rings (SSSR count). The summed E-state index contributed by atoms with van der Waals surface area (Å²) in [5, 5.41) is 6.22. The lowest BCUT2D eigenvalue weighted by Gasteiger charge is -2.08. The van der Waals surface area contributed by atoms with Gasteiger partial charge in [0.15, 0.2) is 0 Å². The maximum absolute atomic E-state index is 12.7. The van der Waals surface area contributed by atoms with Crippen LogP contribution < -0.4 is 10.6 Å². The first kappa shape index (κ1) is 16.9. The van der Waals surface area contributed by atoms with Crippen molar-refractivity contribution >= 4 is 18.3 Å². The first-order chi connectivity index (χ1) is 9.24. The lowest BCUT2D eigenvalue weighted by atomic mass is 10.0.